The summed E-state index contributed by atoms with van der Waals surface area (Å²) in [6, 6.07) is 1.36. The summed E-state index contributed by atoms with van der Waals surface area (Å²) in [7, 11) is 0. The van der Waals surface area contributed by atoms with E-state index < -0.39 is 0 Å². The topological polar surface area (TPSA) is 81.9 Å². The molecule has 0 atom stereocenters. The van der Waals surface area contributed by atoms with Gasteiger partial charge in [0.2, 0.25) is 5.91 Å². The molecule has 1 aromatic rings. The van der Waals surface area contributed by atoms with E-state index in [4.69, 9.17) is 23.2 Å². The maximum Gasteiger partial charge on any atom is 0.240 e. The number of phenols is 2. The second-order valence-electron chi connectivity index (χ2n) is 3.51. The second kappa shape index (κ2) is 4.43. The van der Waals surface area contributed by atoms with E-state index in [1.807, 2.05) is 0 Å². The Hall–Kier alpha value is -1.46. The fourth-order valence-electron chi connectivity index (χ4n) is 1.49. The molecule has 3 N–H and O–H groups in total. The van der Waals surface area contributed by atoms with Gasteiger partial charge in [-0.05, 0) is 6.07 Å². The smallest absolute Gasteiger partial charge is 0.240 e. The van der Waals surface area contributed by atoms with E-state index in [1.54, 1.807) is 0 Å². The summed E-state index contributed by atoms with van der Waals surface area (Å²) in [5.74, 6) is -0.872. The third-order valence-electron chi connectivity index (χ3n) is 2.38. The minimum absolute atomic E-state index is 0.0161. The molecule has 1 aliphatic heterocycles. The van der Waals surface area contributed by atoms with Crippen molar-refractivity contribution in [2.45, 2.75) is 12.8 Å². The van der Waals surface area contributed by atoms with Crippen LogP contribution >= 0.6 is 23.2 Å². The first-order valence-electron chi connectivity index (χ1n) is 4.76. The number of benzene rings is 1. The van der Waals surface area contributed by atoms with Crippen LogP contribution < -0.4 is 5.43 Å². The number of phenolic OH excluding ortho intramolecular Hbond substituents is 2. The van der Waals surface area contributed by atoms with Crippen molar-refractivity contribution in [1.29, 1.82) is 0 Å². The lowest BCUT2D eigenvalue weighted by Crippen LogP contribution is -2.25. The van der Waals surface area contributed by atoms with Crippen molar-refractivity contribution in [3.63, 3.8) is 0 Å². The third kappa shape index (κ3) is 2.16. The molecular weight excluding hydrogens is 267 g/mol. The summed E-state index contributed by atoms with van der Waals surface area (Å²) in [5.41, 5.74) is 3.07. The summed E-state index contributed by atoms with van der Waals surface area (Å²) >= 11 is 11.5. The number of hydrogen-bond donors (Lipinski definition) is 3. The van der Waals surface area contributed by atoms with E-state index in [0.29, 0.717) is 17.7 Å². The first-order valence-corrected chi connectivity index (χ1v) is 5.52. The van der Waals surface area contributed by atoms with Gasteiger partial charge in [0.15, 0.2) is 5.75 Å². The highest BCUT2D eigenvalue weighted by Crippen LogP contribution is 2.41. The highest BCUT2D eigenvalue weighted by molar-refractivity contribution is 6.39. The van der Waals surface area contributed by atoms with Gasteiger partial charge in [0.05, 0.1) is 10.7 Å². The summed E-state index contributed by atoms with van der Waals surface area (Å²) in [5, 5.41) is 22.8. The Morgan fingerprint density at radius 2 is 1.94 bits per heavy atom. The average Bonchev–Trinajstić information content (AvgIpc) is 2.32. The highest BCUT2D eigenvalue weighted by Gasteiger charge is 2.21. The van der Waals surface area contributed by atoms with Gasteiger partial charge >= 0.3 is 0 Å². The van der Waals surface area contributed by atoms with E-state index in [2.05, 4.69) is 10.5 Å². The van der Waals surface area contributed by atoms with E-state index in [1.165, 1.54) is 6.07 Å². The van der Waals surface area contributed by atoms with Gasteiger partial charge < -0.3 is 10.2 Å². The van der Waals surface area contributed by atoms with Crippen LogP contribution in [0, 0.1) is 0 Å². The Morgan fingerprint density at radius 3 is 2.53 bits per heavy atom. The molecule has 0 saturated carbocycles. The number of nitrogens with zero attached hydrogens (tertiary/aromatic N) is 1. The Morgan fingerprint density at radius 1 is 1.24 bits per heavy atom. The predicted octanol–water partition coefficient (Wildman–Crippen LogP) is 2.02. The number of hydrogen-bond acceptors (Lipinski definition) is 4. The maximum atomic E-state index is 10.9. The minimum atomic E-state index is -0.380. The first-order chi connectivity index (χ1) is 8.00. The molecular formula is C10H8Cl2N2O3. The molecule has 90 valence electrons. The van der Waals surface area contributed by atoms with Gasteiger partial charge in [0, 0.05) is 18.4 Å². The van der Waals surface area contributed by atoms with Gasteiger partial charge in [-0.2, -0.15) is 5.10 Å². The quantitative estimate of drug-likeness (QED) is 0.733. The van der Waals surface area contributed by atoms with Crippen LogP contribution in [-0.4, -0.2) is 21.8 Å². The van der Waals surface area contributed by atoms with E-state index in [0.717, 1.165) is 0 Å². The standard InChI is InChI=1S/C10H8Cl2N2O3/c11-5-3-4(9(16)8(12)10(5)17)6-1-2-7(15)14-13-6/h3,16-17H,1-2H2,(H,14,15). The van der Waals surface area contributed by atoms with Crippen LogP contribution in [0.2, 0.25) is 10.0 Å². The van der Waals surface area contributed by atoms with Crippen LogP contribution in [0.3, 0.4) is 0 Å². The third-order valence-corrected chi connectivity index (χ3v) is 3.03. The molecule has 7 heteroatoms. The number of hydrazone groups is 1. The van der Waals surface area contributed by atoms with Crippen molar-refractivity contribution in [2.24, 2.45) is 5.10 Å². The molecule has 0 aliphatic carbocycles. The molecule has 2 rings (SSSR count). The zero-order valence-corrected chi connectivity index (χ0v) is 10.0. The van der Waals surface area contributed by atoms with Crippen LogP contribution in [-0.2, 0) is 4.79 Å². The highest BCUT2D eigenvalue weighted by atomic mass is 35.5. The zero-order chi connectivity index (χ0) is 12.6. The molecule has 1 aliphatic rings. The molecule has 0 bridgehead atoms. The normalized spacial score (nSPS) is 15.4. The second-order valence-corrected chi connectivity index (χ2v) is 4.30. The molecule has 5 nitrogen and oxygen atoms in total. The molecule has 0 unspecified atom stereocenters. The van der Waals surface area contributed by atoms with Crippen molar-refractivity contribution in [1.82, 2.24) is 5.43 Å². The van der Waals surface area contributed by atoms with Gasteiger partial charge in [-0.1, -0.05) is 23.2 Å². The molecule has 1 heterocycles. The lowest BCUT2D eigenvalue weighted by atomic mass is 10.0. The van der Waals surface area contributed by atoms with Gasteiger partial charge in [-0.3, -0.25) is 4.79 Å². The number of carbonyl (C=O) groups is 1. The van der Waals surface area contributed by atoms with Crippen molar-refractivity contribution in [2.75, 3.05) is 0 Å². The molecule has 0 radical (unpaired) electrons. The Kier molecular flexibility index (Phi) is 3.13. The van der Waals surface area contributed by atoms with Crippen LogP contribution in [0.15, 0.2) is 11.2 Å². The van der Waals surface area contributed by atoms with Crippen molar-refractivity contribution in [3.05, 3.63) is 21.7 Å². The SMILES string of the molecule is O=C1CCC(c2cc(Cl)c(O)c(Cl)c2O)=NN1. The van der Waals surface area contributed by atoms with Crippen LogP contribution in [0.1, 0.15) is 18.4 Å². The number of carbonyl (C=O) groups excluding carboxylic acids is 1. The Bertz CT molecular complexity index is 529. The van der Waals surface area contributed by atoms with Gasteiger partial charge in [0.25, 0.3) is 0 Å². The number of amides is 1. The number of halogens is 2. The van der Waals surface area contributed by atoms with Gasteiger partial charge in [0.1, 0.15) is 10.8 Å². The summed E-state index contributed by atoms with van der Waals surface area (Å²) in [6.45, 7) is 0. The fourth-order valence-corrected chi connectivity index (χ4v) is 1.94. The monoisotopic (exact) mass is 274 g/mol. The summed E-state index contributed by atoms with van der Waals surface area (Å²) in [6.07, 6.45) is 0.644. The van der Waals surface area contributed by atoms with Crippen LogP contribution in [0.4, 0.5) is 0 Å². The zero-order valence-electron chi connectivity index (χ0n) is 8.50. The maximum absolute atomic E-state index is 10.9. The first kappa shape index (κ1) is 12.0. The molecule has 17 heavy (non-hydrogen) atoms. The fraction of sp³-hybridized carbons (Fsp3) is 0.200. The molecule has 0 aromatic heterocycles. The Balaban J connectivity index is 2.50. The number of nitrogens with one attached hydrogen (secondary N) is 1. The predicted molar refractivity (Wildman–Crippen MR) is 63.7 cm³/mol. The van der Waals surface area contributed by atoms with Crippen molar-refractivity contribution >= 4 is 34.8 Å². The van der Waals surface area contributed by atoms with E-state index >= 15 is 0 Å². The largest absolute Gasteiger partial charge is 0.506 e. The Labute approximate surface area is 107 Å². The van der Waals surface area contributed by atoms with E-state index in [9.17, 15) is 15.0 Å². The average molecular weight is 275 g/mol. The lowest BCUT2D eigenvalue weighted by Gasteiger charge is -2.14. The molecule has 1 amide bonds. The number of rotatable bonds is 1. The van der Waals surface area contributed by atoms with Crippen LogP contribution in [0.25, 0.3) is 0 Å². The van der Waals surface area contributed by atoms with Crippen LogP contribution in [0.5, 0.6) is 11.5 Å². The summed E-state index contributed by atoms with van der Waals surface area (Å²) < 4.78 is 0. The summed E-state index contributed by atoms with van der Waals surface area (Å²) in [4.78, 5) is 10.9. The van der Waals surface area contributed by atoms with E-state index in [-0.39, 0.29) is 33.9 Å². The van der Waals surface area contributed by atoms with Crippen molar-refractivity contribution < 1.29 is 15.0 Å². The molecule has 0 spiro atoms. The number of aromatic hydroxyl groups is 2. The van der Waals surface area contributed by atoms with Gasteiger partial charge in [-0.15, -0.1) is 0 Å². The molecule has 0 fully saturated rings. The lowest BCUT2D eigenvalue weighted by molar-refractivity contribution is -0.121. The van der Waals surface area contributed by atoms with Gasteiger partial charge in [-0.25, -0.2) is 5.43 Å². The van der Waals surface area contributed by atoms with Crippen molar-refractivity contribution in [3.8, 4) is 11.5 Å². The molecule has 1 aromatic carbocycles. The minimum Gasteiger partial charge on any atom is -0.506 e. The molecule has 0 saturated heterocycles.